The van der Waals surface area contributed by atoms with Gasteiger partial charge in [-0.05, 0) is 35.7 Å². The van der Waals surface area contributed by atoms with Crippen molar-refractivity contribution in [1.29, 1.82) is 0 Å². The van der Waals surface area contributed by atoms with Crippen molar-refractivity contribution >= 4 is 28.6 Å². The lowest BCUT2D eigenvalue weighted by molar-refractivity contribution is -0.126. The Labute approximate surface area is 143 Å². The number of aromatic nitrogens is 1. The highest BCUT2D eigenvalue weighted by molar-refractivity contribution is 7.09. The van der Waals surface area contributed by atoms with E-state index in [0.717, 1.165) is 23.5 Å². The predicted octanol–water partition coefficient (Wildman–Crippen LogP) is 3.26. The molecule has 4 rings (SSSR count). The Kier molecular flexibility index (Phi) is 4.05. The van der Waals surface area contributed by atoms with E-state index in [1.807, 2.05) is 18.4 Å². The molecule has 2 aromatic rings. The van der Waals surface area contributed by atoms with Crippen molar-refractivity contribution < 1.29 is 9.53 Å². The third-order valence-electron chi connectivity index (χ3n) is 4.34. The first-order valence-corrected chi connectivity index (χ1v) is 9.58. The zero-order valence-corrected chi connectivity index (χ0v) is 14.4. The van der Waals surface area contributed by atoms with E-state index >= 15 is 0 Å². The summed E-state index contributed by atoms with van der Waals surface area (Å²) in [4.78, 5) is 17.3. The van der Waals surface area contributed by atoms with Crippen LogP contribution < -0.4 is 5.32 Å². The van der Waals surface area contributed by atoms with Gasteiger partial charge in [0.2, 0.25) is 5.91 Å². The summed E-state index contributed by atoms with van der Waals surface area (Å²) in [5.41, 5.74) is 2.23. The Morgan fingerprint density at radius 1 is 1.48 bits per heavy atom. The molecule has 0 radical (unpaired) electrons. The average Bonchev–Trinajstić information content (AvgIpc) is 3.31. The zero-order chi connectivity index (χ0) is 15.8. The maximum absolute atomic E-state index is 12.7. The highest BCUT2D eigenvalue weighted by Gasteiger charge is 2.41. The van der Waals surface area contributed by atoms with Crippen molar-refractivity contribution in [3.05, 3.63) is 50.6 Å². The SMILES string of the molecule is Cc1csc([C@@H](Cc2ccsc2)NC(=O)[C@H]2C[C@@H]3C=C[C@@H]2O3)n1. The molecule has 2 aromatic heterocycles. The quantitative estimate of drug-likeness (QED) is 0.846. The largest absolute Gasteiger partial charge is 0.366 e. The lowest BCUT2D eigenvalue weighted by atomic mass is 9.93. The van der Waals surface area contributed by atoms with E-state index in [4.69, 9.17) is 4.74 Å². The summed E-state index contributed by atoms with van der Waals surface area (Å²) in [5, 5.41) is 10.4. The van der Waals surface area contributed by atoms with Gasteiger partial charge >= 0.3 is 0 Å². The van der Waals surface area contributed by atoms with Gasteiger partial charge in [0.15, 0.2) is 0 Å². The van der Waals surface area contributed by atoms with Crippen LogP contribution in [0.5, 0.6) is 0 Å². The van der Waals surface area contributed by atoms with Crippen molar-refractivity contribution in [3.63, 3.8) is 0 Å². The van der Waals surface area contributed by atoms with E-state index in [0.29, 0.717) is 0 Å². The summed E-state index contributed by atoms with van der Waals surface area (Å²) < 4.78 is 5.72. The highest BCUT2D eigenvalue weighted by atomic mass is 32.1. The fraction of sp³-hybridized carbons (Fsp3) is 0.412. The minimum atomic E-state index is -0.0731. The normalized spacial score (nSPS) is 26.6. The predicted molar refractivity (Wildman–Crippen MR) is 91.7 cm³/mol. The molecule has 1 amide bonds. The van der Waals surface area contributed by atoms with Crippen LogP contribution >= 0.6 is 22.7 Å². The molecule has 0 spiro atoms. The van der Waals surface area contributed by atoms with Gasteiger partial charge in [0.1, 0.15) is 5.01 Å². The first kappa shape index (κ1) is 15.1. The Hall–Kier alpha value is -1.50. The van der Waals surface area contributed by atoms with Crippen LogP contribution in [0.3, 0.4) is 0 Å². The lowest BCUT2D eigenvalue weighted by Gasteiger charge is -2.21. The number of aryl methyl sites for hydroxylation is 1. The van der Waals surface area contributed by atoms with Gasteiger partial charge < -0.3 is 10.1 Å². The van der Waals surface area contributed by atoms with E-state index in [1.54, 1.807) is 22.7 Å². The molecule has 4 atom stereocenters. The fourth-order valence-electron chi connectivity index (χ4n) is 3.19. The first-order valence-electron chi connectivity index (χ1n) is 7.76. The molecule has 0 aromatic carbocycles. The van der Waals surface area contributed by atoms with Crippen molar-refractivity contribution in [2.45, 2.75) is 38.0 Å². The third kappa shape index (κ3) is 3.11. The third-order valence-corrected chi connectivity index (χ3v) is 6.15. The summed E-state index contributed by atoms with van der Waals surface area (Å²) in [7, 11) is 0. The maximum Gasteiger partial charge on any atom is 0.226 e. The summed E-state index contributed by atoms with van der Waals surface area (Å²) in [6.07, 6.45) is 5.70. The number of hydrogen-bond donors (Lipinski definition) is 1. The van der Waals surface area contributed by atoms with Crippen LogP contribution in [0.4, 0.5) is 0 Å². The molecule has 23 heavy (non-hydrogen) atoms. The van der Waals surface area contributed by atoms with E-state index in [1.165, 1.54) is 5.56 Å². The molecule has 1 saturated heterocycles. The number of nitrogens with zero attached hydrogens (tertiary/aromatic N) is 1. The molecule has 2 aliphatic rings. The van der Waals surface area contributed by atoms with Crippen LogP contribution in [0.1, 0.15) is 28.7 Å². The standard InChI is InChI=1S/C17H18N2O2S2/c1-10-8-23-17(18-10)14(6-11-4-5-22-9-11)19-16(20)13-7-12-2-3-15(13)21-12/h2-5,8-9,12-15H,6-7H2,1H3,(H,19,20)/t12-,13-,14+,15-/m0/s1. The van der Waals surface area contributed by atoms with E-state index in [-0.39, 0.29) is 30.1 Å². The van der Waals surface area contributed by atoms with Crippen molar-refractivity contribution in [3.8, 4) is 0 Å². The van der Waals surface area contributed by atoms with Gasteiger partial charge in [0, 0.05) is 17.5 Å². The van der Waals surface area contributed by atoms with Crippen LogP contribution in [-0.4, -0.2) is 23.1 Å². The zero-order valence-electron chi connectivity index (χ0n) is 12.8. The van der Waals surface area contributed by atoms with Gasteiger partial charge in [-0.1, -0.05) is 12.2 Å². The van der Waals surface area contributed by atoms with E-state index in [9.17, 15) is 4.79 Å². The summed E-state index contributed by atoms with van der Waals surface area (Å²) in [6.45, 7) is 1.98. The van der Waals surface area contributed by atoms with Crippen molar-refractivity contribution in [2.24, 2.45) is 5.92 Å². The summed E-state index contributed by atoms with van der Waals surface area (Å²) >= 11 is 3.29. The number of amides is 1. The highest BCUT2D eigenvalue weighted by Crippen LogP contribution is 2.34. The number of thiazole rings is 1. The second-order valence-corrected chi connectivity index (χ2v) is 7.76. The molecule has 2 aliphatic heterocycles. The summed E-state index contributed by atoms with van der Waals surface area (Å²) in [6, 6.07) is 2.03. The molecule has 4 heterocycles. The molecule has 6 heteroatoms. The molecule has 0 unspecified atom stereocenters. The Morgan fingerprint density at radius 3 is 3.00 bits per heavy atom. The monoisotopic (exact) mass is 346 g/mol. The average molecular weight is 346 g/mol. The number of ether oxygens (including phenoxy) is 1. The van der Waals surface area contributed by atoms with Crippen molar-refractivity contribution in [2.75, 3.05) is 0 Å². The van der Waals surface area contributed by atoms with Gasteiger partial charge in [-0.3, -0.25) is 4.79 Å². The van der Waals surface area contributed by atoms with E-state index in [2.05, 4.69) is 33.2 Å². The number of nitrogens with one attached hydrogen (secondary N) is 1. The Bertz CT molecular complexity index is 723. The number of carbonyl (C=O) groups excluding carboxylic acids is 1. The molecule has 2 bridgehead atoms. The number of thiophene rings is 1. The van der Waals surface area contributed by atoms with Crippen LogP contribution in [0.2, 0.25) is 0 Å². The summed E-state index contributed by atoms with van der Waals surface area (Å²) in [5.74, 6) is 0.00552. The van der Waals surface area contributed by atoms with Crippen LogP contribution in [-0.2, 0) is 16.0 Å². The molecule has 4 nitrogen and oxygen atoms in total. The topological polar surface area (TPSA) is 51.2 Å². The molecule has 0 saturated carbocycles. The van der Waals surface area contributed by atoms with Gasteiger partial charge in [-0.15, -0.1) is 11.3 Å². The van der Waals surface area contributed by atoms with E-state index < -0.39 is 0 Å². The van der Waals surface area contributed by atoms with Crippen LogP contribution in [0.25, 0.3) is 0 Å². The smallest absolute Gasteiger partial charge is 0.226 e. The van der Waals surface area contributed by atoms with Crippen LogP contribution in [0, 0.1) is 12.8 Å². The first-order chi connectivity index (χ1) is 11.2. The maximum atomic E-state index is 12.7. The van der Waals surface area contributed by atoms with Gasteiger partial charge in [0.25, 0.3) is 0 Å². The Balaban J connectivity index is 1.51. The molecular formula is C17H18N2O2S2. The van der Waals surface area contributed by atoms with Gasteiger partial charge in [-0.2, -0.15) is 11.3 Å². The second-order valence-electron chi connectivity index (χ2n) is 6.09. The molecular weight excluding hydrogens is 328 g/mol. The van der Waals surface area contributed by atoms with Gasteiger partial charge in [0.05, 0.1) is 24.2 Å². The van der Waals surface area contributed by atoms with Gasteiger partial charge in [-0.25, -0.2) is 4.98 Å². The molecule has 1 N–H and O–H groups in total. The molecule has 120 valence electrons. The molecule has 1 fully saturated rings. The van der Waals surface area contributed by atoms with Crippen molar-refractivity contribution in [1.82, 2.24) is 10.3 Å². The van der Waals surface area contributed by atoms with Crippen LogP contribution in [0.15, 0.2) is 34.4 Å². The second kappa shape index (κ2) is 6.19. The number of fused-ring (bicyclic) bond motifs is 2. The fourth-order valence-corrected chi connectivity index (χ4v) is 4.71. The lowest BCUT2D eigenvalue weighted by Crippen LogP contribution is -2.38. The number of hydrogen-bond acceptors (Lipinski definition) is 5. The molecule has 0 aliphatic carbocycles. The minimum Gasteiger partial charge on any atom is -0.366 e. The minimum absolute atomic E-state index is 0.0557. The number of rotatable bonds is 5. The number of carbonyl (C=O) groups is 1. The Morgan fingerprint density at radius 2 is 2.39 bits per heavy atom.